The number of hydrogen-bond acceptors (Lipinski definition) is 3. The molecule has 2 fully saturated rings. The Hall–Kier alpha value is -2.87. The van der Waals surface area contributed by atoms with E-state index < -0.39 is 23.5 Å². The van der Waals surface area contributed by atoms with Gasteiger partial charge in [-0.15, -0.1) is 0 Å². The molecule has 1 unspecified atom stereocenters. The Labute approximate surface area is 184 Å². The lowest BCUT2D eigenvalue weighted by atomic mass is 9.82. The third-order valence-corrected chi connectivity index (χ3v) is 6.75. The summed E-state index contributed by atoms with van der Waals surface area (Å²) in [6.45, 7) is 0. The van der Waals surface area contributed by atoms with Gasteiger partial charge in [0, 0.05) is 42.4 Å². The quantitative estimate of drug-likeness (QED) is 0.693. The Kier molecular flexibility index (Phi) is 6.24. The fourth-order valence-corrected chi connectivity index (χ4v) is 5.13. The molecule has 3 N–H and O–H groups in total. The van der Waals surface area contributed by atoms with Crippen molar-refractivity contribution in [2.45, 2.75) is 50.2 Å². The highest BCUT2D eigenvalue weighted by molar-refractivity contribution is 5.99. The van der Waals surface area contributed by atoms with Crippen LogP contribution in [-0.2, 0) is 6.42 Å². The van der Waals surface area contributed by atoms with Crippen molar-refractivity contribution in [3.63, 3.8) is 0 Å². The molecule has 4 atom stereocenters. The molecule has 2 aliphatic rings. The number of carbonyl (C=O) groups is 2. The smallest absolute Gasteiger partial charge is 0.254 e. The minimum atomic E-state index is -1.22. The van der Waals surface area contributed by atoms with Crippen molar-refractivity contribution in [1.82, 2.24) is 10.2 Å². The highest BCUT2D eigenvalue weighted by Gasteiger charge is 2.44. The average molecular weight is 445 g/mol. The molecule has 5 nitrogen and oxygen atoms in total. The van der Waals surface area contributed by atoms with E-state index in [1.807, 2.05) is 4.90 Å². The Morgan fingerprint density at radius 2 is 1.66 bits per heavy atom. The first-order valence-corrected chi connectivity index (χ1v) is 10.8. The zero-order chi connectivity index (χ0) is 23.0. The van der Waals surface area contributed by atoms with Crippen LogP contribution in [-0.4, -0.2) is 41.9 Å². The molecule has 2 saturated heterocycles. The van der Waals surface area contributed by atoms with Gasteiger partial charge in [0.2, 0.25) is 0 Å². The van der Waals surface area contributed by atoms with Crippen LogP contribution in [0.1, 0.15) is 52.0 Å². The third-order valence-electron chi connectivity index (χ3n) is 6.75. The molecule has 2 aromatic carbocycles. The zero-order valence-corrected chi connectivity index (χ0v) is 17.8. The van der Waals surface area contributed by atoms with E-state index in [0.717, 1.165) is 18.9 Å². The number of carbonyl (C=O) groups excluding carboxylic acids is 2. The van der Waals surface area contributed by atoms with Crippen molar-refractivity contribution in [3.8, 4) is 0 Å². The largest absolute Gasteiger partial charge is 0.355 e. The molecule has 0 radical (unpaired) electrons. The van der Waals surface area contributed by atoms with Gasteiger partial charge in [0.15, 0.2) is 11.6 Å². The van der Waals surface area contributed by atoms with Crippen LogP contribution < -0.4 is 11.1 Å². The van der Waals surface area contributed by atoms with Gasteiger partial charge in [0.25, 0.3) is 11.8 Å². The van der Waals surface area contributed by atoms with E-state index in [1.165, 1.54) is 7.05 Å². The molecule has 2 heterocycles. The summed E-state index contributed by atoms with van der Waals surface area (Å²) in [6, 6.07) is 7.68. The molecule has 0 saturated carbocycles. The molecule has 170 valence electrons. The predicted octanol–water partition coefficient (Wildman–Crippen LogP) is 3.42. The Bertz CT molecular complexity index is 1030. The summed E-state index contributed by atoms with van der Waals surface area (Å²) in [6.07, 6.45) is 3.16. The maximum absolute atomic E-state index is 14.1. The number of amides is 2. The third kappa shape index (κ3) is 4.24. The lowest BCUT2D eigenvalue weighted by Gasteiger charge is -2.41. The van der Waals surface area contributed by atoms with E-state index in [2.05, 4.69) is 5.32 Å². The number of rotatable bonds is 5. The van der Waals surface area contributed by atoms with Gasteiger partial charge in [0.05, 0.1) is 0 Å². The van der Waals surface area contributed by atoms with Crippen molar-refractivity contribution < 1.29 is 22.8 Å². The molecule has 2 aromatic rings. The number of benzene rings is 2. The average Bonchev–Trinajstić information content (AvgIpc) is 3.05. The monoisotopic (exact) mass is 445 g/mol. The first kappa shape index (κ1) is 22.3. The van der Waals surface area contributed by atoms with Gasteiger partial charge in [-0.25, -0.2) is 13.2 Å². The normalized spacial score (nSPS) is 23.2. The minimum Gasteiger partial charge on any atom is -0.355 e. The fraction of sp³-hybridized carbons (Fsp3) is 0.417. The summed E-state index contributed by atoms with van der Waals surface area (Å²) in [5, 5.41) is 2.56. The molecule has 2 aliphatic heterocycles. The highest BCUT2D eigenvalue weighted by Crippen LogP contribution is 2.41. The van der Waals surface area contributed by atoms with E-state index >= 15 is 0 Å². The summed E-state index contributed by atoms with van der Waals surface area (Å²) in [5.74, 6) is -3.43. The molecule has 0 spiro atoms. The number of nitrogens with two attached hydrogens (primary N) is 1. The first-order valence-electron chi connectivity index (χ1n) is 10.8. The first-order chi connectivity index (χ1) is 15.3. The number of piperidine rings is 1. The maximum atomic E-state index is 14.1. The maximum Gasteiger partial charge on any atom is 0.254 e. The van der Waals surface area contributed by atoms with Gasteiger partial charge in [-0.3, -0.25) is 9.59 Å². The van der Waals surface area contributed by atoms with Crippen LogP contribution in [0.5, 0.6) is 0 Å². The second-order valence-corrected chi connectivity index (χ2v) is 8.71. The van der Waals surface area contributed by atoms with Gasteiger partial charge in [0.1, 0.15) is 5.82 Å². The standard InChI is InChI=1S/C24H26F3N3O2/c1-29-23(31)13-3-2-4-14(7-13)24(32)30-17-5-6-18(30)9-16(8-17)22(28)11-15-10-20(26)21(27)12-19(15)25/h2-4,7,10,12,16-18,22H,5-6,8-9,11,28H2,1H3,(H,29,31)/t16?,17-,18+,22-/m1/s1. The van der Waals surface area contributed by atoms with E-state index in [4.69, 9.17) is 5.73 Å². The molecule has 8 heteroatoms. The number of hydrogen-bond donors (Lipinski definition) is 2. The topological polar surface area (TPSA) is 75.4 Å². The summed E-state index contributed by atoms with van der Waals surface area (Å²) >= 11 is 0. The van der Waals surface area contributed by atoms with E-state index in [9.17, 15) is 22.8 Å². The van der Waals surface area contributed by atoms with Crippen molar-refractivity contribution in [3.05, 3.63) is 70.5 Å². The van der Waals surface area contributed by atoms with Crippen molar-refractivity contribution >= 4 is 11.8 Å². The summed E-state index contributed by atoms with van der Waals surface area (Å²) < 4.78 is 40.8. The lowest BCUT2D eigenvalue weighted by Crippen LogP contribution is -2.50. The van der Waals surface area contributed by atoms with Gasteiger partial charge in [-0.2, -0.15) is 0 Å². The van der Waals surface area contributed by atoms with Gasteiger partial charge in [-0.1, -0.05) is 6.07 Å². The Morgan fingerprint density at radius 3 is 2.31 bits per heavy atom. The highest BCUT2D eigenvalue weighted by atomic mass is 19.2. The van der Waals surface area contributed by atoms with Crippen molar-refractivity contribution in [2.75, 3.05) is 7.05 Å². The number of fused-ring (bicyclic) bond motifs is 2. The van der Waals surface area contributed by atoms with E-state index in [0.29, 0.717) is 30.0 Å². The Morgan fingerprint density at radius 1 is 1.03 bits per heavy atom. The molecule has 4 rings (SSSR count). The molecular weight excluding hydrogens is 419 g/mol. The second-order valence-electron chi connectivity index (χ2n) is 8.71. The minimum absolute atomic E-state index is 0.00996. The molecule has 0 aliphatic carbocycles. The summed E-state index contributed by atoms with van der Waals surface area (Å²) in [4.78, 5) is 27.1. The van der Waals surface area contributed by atoms with Crippen molar-refractivity contribution in [2.24, 2.45) is 11.7 Å². The predicted molar refractivity (Wildman–Crippen MR) is 114 cm³/mol. The van der Waals surface area contributed by atoms with Gasteiger partial charge >= 0.3 is 0 Å². The van der Waals surface area contributed by atoms with Crippen LogP contribution in [0.2, 0.25) is 0 Å². The SMILES string of the molecule is CNC(=O)c1cccc(C(=O)N2[C@@H]3CC[C@H]2CC([C@H](N)Cc2cc(F)c(F)cc2F)C3)c1. The number of halogens is 3. The lowest BCUT2D eigenvalue weighted by molar-refractivity contribution is 0.0500. The summed E-state index contributed by atoms with van der Waals surface area (Å²) in [5.41, 5.74) is 7.32. The molecule has 2 amide bonds. The fourth-order valence-electron chi connectivity index (χ4n) is 5.13. The van der Waals surface area contributed by atoms with E-state index in [-0.39, 0.29) is 41.8 Å². The second kappa shape index (κ2) is 8.94. The van der Waals surface area contributed by atoms with Gasteiger partial charge < -0.3 is 16.0 Å². The van der Waals surface area contributed by atoms with Crippen LogP contribution in [0.15, 0.2) is 36.4 Å². The number of nitrogens with zero attached hydrogens (tertiary/aromatic N) is 1. The van der Waals surface area contributed by atoms with Crippen LogP contribution in [0.4, 0.5) is 13.2 Å². The molecular formula is C24H26F3N3O2. The van der Waals surface area contributed by atoms with Gasteiger partial charge in [-0.05, 0) is 67.9 Å². The molecule has 2 bridgehead atoms. The zero-order valence-electron chi connectivity index (χ0n) is 17.8. The van der Waals surface area contributed by atoms with E-state index in [1.54, 1.807) is 24.3 Å². The van der Waals surface area contributed by atoms with Crippen LogP contribution in [0.3, 0.4) is 0 Å². The number of nitrogens with one attached hydrogen (secondary N) is 1. The molecule has 32 heavy (non-hydrogen) atoms. The van der Waals surface area contributed by atoms with Crippen LogP contribution >= 0.6 is 0 Å². The van der Waals surface area contributed by atoms with Crippen molar-refractivity contribution in [1.29, 1.82) is 0 Å². The summed E-state index contributed by atoms with van der Waals surface area (Å²) in [7, 11) is 1.54. The van der Waals surface area contributed by atoms with Crippen LogP contribution in [0.25, 0.3) is 0 Å². The van der Waals surface area contributed by atoms with Crippen LogP contribution in [0, 0.1) is 23.4 Å². The molecule has 0 aromatic heterocycles. The Balaban J connectivity index is 1.46.